The third kappa shape index (κ3) is 3.49. The average molecular weight is 369 g/mol. The monoisotopic (exact) mass is 368 g/mol. The van der Waals surface area contributed by atoms with Crippen molar-refractivity contribution in [2.45, 2.75) is 46.1 Å². The first-order valence-electron chi connectivity index (χ1n) is 10.1. The first-order valence-corrected chi connectivity index (χ1v) is 10.1. The number of benzene rings is 4. The van der Waals surface area contributed by atoms with Crippen molar-refractivity contribution in [1.82, 2.24) is 0 Å². The Balaban J connectivity index is 1.96. The SMILES string of the molecule is CC(C)Oc1ccc2c(c1)c(-c1ccc(C(C)(C)C)cc1)cc1ccccc12. The maximum Gasteiger partial charge on any atom is 0.120 e. The molecule has 0 atom stereocenters. The molecule has 0 fully saturated rings. The number of ether oxygens (including phenoxy) is 1. The van der Waals surface area contributed by atoms with Gasteiger partial charge in [0.05, 0.1) is 6.10 Å². The predicted molar refractivity (Wildman–Crippen MR) is 121 cm³/mol. The Morgan fingerprint density at radius 3 is 2.11 bits per heavy atom. The molecule has 0 aliphatic rings. The summed E-state index contributed by atoms with van der Waals surface area (Å²) >= 11 is 0. The van der Waals surface area contributed by atoms with Gasteiger partial charge in [-0.25, -0.2) is 0 Å². The van der Waals surface area contributed by atoms with Gasteiger partial charge in [0.1, 0.15) is 5.75 Å². The van der Waals surface area contributed by atoms with Crippen LogP contribution < -0.4 is 4.74 Å². The Morgan fingerprint density at radius 2 is 1.43 bits per heavy atom. The molecule has 142 valence electrons. The van der Waals surface area contributed by atoms with Crippen LogP contribution in [-0.2, 0) is 5.41 Å². The summed E-state index contributed by atoms with van der Waals surface area (Å²) in [6.07, 6.45) is 0.160. The highest BCUT2D eigenvalue weighted by Gasteiger charge is 2.15. The molecule has 1 heteroatoms. The van der Waals surface area contributed by atoms with Gasteiger partial charge in [-0.1, -0.05) is 75.4 Å². The average Bonchev–Trinajstić information content (AvgIpc) is 2.66. The molecular weight excluding hydrogens is 340 g/mol. The van der Waals surface area contributed by atoms with Gasteiger partial charge in [-0.3, -0.25) is 0 Å². The fourth-order valence-electron chi connectivity index (χ4n) is 3.82. The van der Waals surface area contributed by atoms with Gasteiger partial charge in [0.25, 0.3) is 0 Å². The summed E-state index contributed by atoms with van der Waals surface area (Å²) < 4.78 is 5.99. The van der Waals surface area contributed by atoms with E-state index in [4.69, 9.17) is 4.74 Å². The Bertz CT molecular complexity index is 1130. The van der Waals surface area contributed by atoms with E-state index < -0.39 is 0 Å². The second-order valence-electron chi connectivity index (χ2n) is 8.85. The third-order valence-electron chi connectivity index (χ3n) is 5.27. The van der Waals surface area contributed by atoms with Gasteiger partial charge in [-0.05, 0) is 75.7 Å². The van der Waals surface area contributed by atoms with Crippen LogP contribution in [0.2, 0.25) is 0 Å². The topological polar surface area (TPSA) is 9.23 Å². The predicted octanol–water partition coefficient (Wildman–Crippen LogP) is 7.74. The highest BCUT2D eigenvalue weighted by Crippen LogP contribution is 2.37. The van der Waals surface area contributed by atoms with E-state index in [1.165, 1.54) is 38.2 Å². The van der Waals surface area contributed by atoms with Crippen LogP contribution in [0.15, 0.2) is 72.8 Å². The number of hydrogen-bond donors (Lipinski definition) is 0. The van der Waals surface area contributed by atoms with Crippen LogP contribution >= 0.6 is 0 Å². The number of hydrogen-bond acceptors (Lipinski definition) is 1. The quantitative estimate of drug-likeness (QED) is 0.336. The first kappa shape index (κ1) is 18.6. The summed E-state index contributed by atoms with van der Waals surface area (Å²) in [6.45, 7) is 10.9. The molecule has 4 aromatic rings. The normalized spacial score (nSPS) is 12.1. The minimum atomic E-state index is 0.155. The van der Waals surface area contributed by atoms with Crippen molar-refractivity contribution in [1.29, 1.82) is 0 Å². The molecule has 0 aliphatic carbocycles. The van der Waals surface area contributed by atoms with E-state index in [1.54, 1.807) is 0 Å². The molecule has 0 aliphatic heterocycles. The van der Waals surface area contributed by atoms with Crippen LogP contribution in [0.4, 0.5) is 0 Å². The summed E-state index contributed by atoms with van der Waals surface area (Å²) in [5.74, 6) is 0.922. The van der Waals surface area contributed by atoms with Gasteiger partial charge in [0.2, 0.25) is 0 Å². The van der Waals surface area contributed by atoms with Crippen molar-refractivity contribution in [3.05, 3.63) is 78.4 Å². The van der Waals surface area contributed by atoms with Crippen LogP contribution in [0.5, 0.6) is 5.75 Å². The van der Waals surface area contributed by atoms with E-state index in [2.05, 4.69) is 107 Å². The maximum absolute atomic E-state index is 5.99. The molecular formula is C27H28O. The first-order chi connectivity index (χ1) is 13.3. The van der Waals surface area contributed by atoms with Crippen LogP contribution in [0, 0.1) is 0 Å². The molecule has 0 aromatic heterocycles. The van der Waals surface area contributed by atoms with Gasteiger partial charge in [0, 0.05) is 0 Å². The Kier molecular flexibility index (Phi) is 4.63. The molecule has 0 N–H and O–H groups in total. The van der Waals surface area contributed by atoms with Crippen LogP contribution in [-0.4, -0.2) is 6.10 Å². The lowest BCUT2D eigenvalue weighted by atomic mass is 9.85. The van der Waals surface area contributed by atoms with Gasteiger partial charge in [-0.2, -0.15) is 0 Å². The second kappa shape index (κ2) is 6.98. The second-order valence-corrected chi connectivity index (χ2v) is 8.85. The standard InChI is InChI=1S/C27H28O/c1-18(2)28-22-14-15-24-23-9-7-6-8-20(23)16-25(26(24)17-22)19-10-12-21(13-11-19)27(3,4)5/h6-18H,1-5H3. The number of rotatable bonds is 3. The van der Waals surface area contributed by atoms with Crippen molar-refractivity contribution < 1.29 is 4.74 Å². The summed E-state index contributed by atoms with van der Waals surface area (Å²) in [6, 6.07) is 26.4. The zero-order valence-electron chi connectivity index (χ0n) is 17.4. The lowest BCUT2D eigenvalue weighted by molar-refractivity contribution is 0.243. The smallest absolute Gasteiger partial charge is 0.120 e. The van der Waals surface area contributed by atoms with Crippen LogP contribution in [0.25, 0.3) is 32.7 Å². The molecule has 0 saturated carbocycles. The fraction of sp³-hybridized carbons (Fsp3) is 0.259. The van der Waals surface area contributed by atoms with Crippen molar-refractivity contribution in [2.75, 3.05) is 0 Å². The zero-order valence-corrected chi connectivity index (χ0v) is 17.4. The number of fused-ring (bicyclic) bond motifs is 3. The molecule has 0 bridgehead atoms. The summed E-state index contributed by atoms with van der Waals surface area (Å²) in [5, 5.41) is 5.05. The Hall–Kier alpha value is -2.80. The molecule has 28 heavy (non-hydrogen) atoms. The van der Waals surface area contributed by atoms with Crippen LogP contribution in [0.3, 0.4) is 0 Å². The highest BCUT2D eigenvalue weighted by molar-refractivity contribution is 6.14. The molecule has 1 nitrogen and oxygen atoms in total. The minimum Gasteiger partial charge on any atom is -0.491 e. The third-order valence-corrected chi connectivity index (χ3v) is 5.27. The fourth-order valence-corrected chi connectivity index (χ4v) is 3.82. The van der Waals surface area contributed by atoms with Crippen LogP contribution in [0.1, 0.15) is 40.2 Å². The summed E-state index contributed by atoms with van der Waals surface area (Å²) in [4.78, 5) is 0. The van der Waals surface area contributed by atoms with E-state index in [1.807, 2.05) is 0 Å². The minimum absolute atomic E-state index is 0.155. The van der Waals surface area contributed by atoms with Gasteiger partial charge in [0.15, 0.2) is 0 Å². The molecule has 4 rings (SSSR count). The van der Waals surface area contributed by atoms with Crippen molar-refractivity contribution >= 4 is 21.5 Å². The van der Waals surface area contributed by atoms with Crippen molar-refractivity contribution in [3.63, 3.8) is 0 Å². The lowest BCUT2D eigenvalue weighted by Crippen LogP contribution is -2.10. The molecule has 4 aromatic carbocycles. The Labute approximate surface area is 168 Å². The lowest BCUT2D eigenvalue weighted by Gasteiger charge is -2.20. The summed E-state index contributed by atoms with van der Waals surface area (Å²) in [5.41, 5.74) is 4.00. The van der Waals surface area contributed by atoms with Crippen molar-refractivity contribution in [3.8, 4) is 16.9 Å². The van der Waals surface area contributed by atoms with Crippen molar-refractivity contribution in [2.24, 2.45) is 0 Å². The molecule has 0 saturated heterocycles. The molecule has 0 amide bonds. The largest absolute Gasteiger partial charge is 0.491 e. The molecule has 0 radical (unpaired) electrons. The Morgan fingerprint density at radius 1 is 0.714 bits per heavy atom. The van der Waals surface area contributed by atoms with E-state index in [9.17, 15) is 0 Å². The van der Waals surface area contributed by atoms with Gasteiger partial charge < -0.3 is 4.74 Å². The molecule has 0 unspecified atom stereocenters. The highest BCUT2D eigenvalue weighted by atomic mass is 16.5. The van der Waals surface area contributed by atoms with Gasteiger partial charge in [-0.15, -0.1) is 0 Å². The van der Waals surface area contributed by atoms with E-state index in [0.29, 0.717) is 0 Å². The van der Waals surface area contributed by atoms with E-state index in [-0.39, 0.29) is 11.5 Å². The maximum atomic E-state index is 5.99. The van der Waals surface area contributed by atoms with Gasteiger partial charge >= 0.3 is 0 Å². The summed E-state index contributed by atoms with van der Waals surface area (Å²) in [7, 11) is 0. The van der Waals surface area contributed by atoms with E-state index in [0.717, 1.165) is 5.75 Å². The zero-order chi connectivity index (χ0) is 19.9. The van der Waals surface area contributed by atoms with E-state index >= 15 is 0 Å². The molecule has 0 heterocycles. The molecule has 0 spiro atoms.